The summed E-state index contributed by atoms with van der Waals surface area (Å²) in [7, 11) is 0. The topological polar surface area (TPSA) is 55.3 Å². The highest BCUT2D eigenvalue weighted by Crippen LogP contribution is 2.36. The van der Waals surface area contributed by atoms with Crippen LogP contribution in [0.15, 0.2) is 58.8 Å². The number of nitrogens with one attached hydrogen (secondary N) is 1. The lowest BCUT2D eigenvalue weighted by Crippen LogP contribution is -2.56. The first-order valence-corrected chi connectivity index (χ1v) is 8.26. The van der Waals surface area contributed by atoms with Crippen LogP contribution in [0.5, 0.6) is 0 Å². The Kier molecular flexibility index (Phi) is 4.66. The molecule has 1 aliphatic heterocycles. The van der Waals surface area contributed by atoms with Gasteiger partial charge in [0.05, 0.1) is 10.4 Å². The fourth-order valence-electron chi connectivity index (χ4n) is 2.78. The Labute approximate surface area is 151 Å². The monoisotopic (exact) mass is 403 g/mol. The molecule has 7 heteroatoms. The molecule has 2 atom stereocenters. The van der Waals surface area contributed by atoms with E-state index in [1.54, 1.807) is 41.2 Å². The molecule has 2 aromatic rings. The predicted octanol–water partition coefficient (Wildman–Crippen LogP) is 2.82. The Balaban J connectivity index is 2.20. The molecular weight excluding hydrogens is 393 g/mol. The minimum Gasteiger partial charge on any atom is -0.763 e. The summed E-state index contributed by atoms with van der Waals surface area (Å²) in [6, 6.07) is 9.18. The molecule has 0 radical (unpaired) electrons. The van der Waals surface area contributed by atoms with Crippen LogP contribution in [0.1, 0.15) is 17.5 Å². The van der Waals surface area contributed by atoms with E-state index in [1.807, 2.05) is 6.07 Å². The molecule has 1 saturated heterocycles. The number of piperidine rings is 1. The van der Waals surface area contributed by atoms with Crippen molar-refractivity contribution in [2.75, 3.05) is 0 Å². The number of aromatic nitrogens is 1. The van der Waals surface area contributed by atoms with Crippen molar-refractivity contribution in [3.8, 4) is 0 Å². The molecule has 0 aliphatic carbocycles. The van der Waals surface area contributed by atoms with Crippen LogP contribution < -0.4 is 9.88 Å². The highest BCUT2D eigenvalue weighted by molar-refractivity contribution is 9.10. The summed E-state index contributed by atoms with van der Waals surface area (Å²) in [6.45, 7) is 0. The number of thiocarbonyl (C=S) groups is 1. The van der Waals surface area contributed by atoms with E-state index in [4.69, 9.17) is 12.2 Å². The van der Waals surface area contributed by atoms with Gasteiger partial charge in [0.2, 0.25) is 6.04 Å². The average Bonchev–Trinajstić information content (AvgIpc) is 2.57. The van der Waals surface area contributed by atoms with E-state index in [0.29, 0.717) is 5.56 Å². The zero-order valence-corrected chi connectivity index (χ0v) is 14.6. The van der Waals surface area contributed by atoms with E-state index in [0.717, 1.165) is 0 Å². The van der Waals surface area contributed by atoms with Crippen LogP contribution in [0.3, 0.4) is 0 Å². The van der Waals surface area contributed by atoms with Gasteiger partial charge in [-0.2, -0.15) is 4.57 Å². The predicted molar refractivity (Wildman–Crippen MR) is 95.1 cm³/mol. The fraction of sp³-hybridized carbons (Fsp3) is 0.118. The van der Waals surface area contributed by atoms with E-state index >= 15 is 0 Å². The lowest BCUT2D eigenvalue weighted by molar-refractivity contribution is -0.711. The third-order valence-corrected chi connectivity index (χ3v) is 4.79. The van der Waals surface area contributed by atoms with Gasteiger partial charge in [-0.05, 0) is 33.6 Å². The van der Waals surface area contributed by atoms with Crippen molar-refractivity contribution in [2.24, 2.45) is 0 Å². The molecule has 120 valence electrons. The molecule has 1 aromatic heterocycles. The van der Waals surface area contributed by atoms with Crippen LogP contribution in [-0.4, -0.2) is 16.8 Å². The van der Waals surface area contributed by atoms with Gasteiger partial charge in [0.15, 0.2) is 12.4 Å². The number of rotatable bonds is 2. The first-order chi connectivity index (χ1) is 11.5. The Morgan fingerprint density at radius 2 is 2.00 bits per heavy atom. The summed E-state index contributed by atoms with van der Waals surface area (Å²) in [5, 5.41) is 12.1. The van der Waals surface area contributed by atoms with E-state index in [9.17, 15) is 14.6 Å². The van der Waals surface area contributed by atoms with Crippen LogP contribution >= 0.6 is 28.1 Å². The zero-order valence-electron chi connectivity index (χ0n) is 12.2. The Bertz CT molecular complexity index is 881. The van der Waals surface area contributed by atoms with Crippen molar-refractivity contribution in [1.29, 1.82) is 0 Å². The molecule has 0 spiro atoms. The Hall–Kier alpha value is -2.21. The normalized spacial score (nSPS) is 20.5. The third kappa shape index (κ3) is 2.94. The standard InChI is InChI=1S/C17H11BrFN3OS/c18-12-8-10(4-5-13(12)19)14-11(9-20)17(24)21-16(23)15(14)22-6-2-1-3-7-22/h1-8,14-15H,(H,21,23,24)/t14-,15+/m0/s1. The number of amides is 1. The van der Waals surface area contributed by atoms with Gasteiger partial charge in [-0.25, -0.2) is 4.39 Å². The molecule has 1 fully saturated rings. The summed E-state index contributed by atoms with van der Waals surface area (Å²) in [4.78, 5) is 12.7. The summed E-state index contributed by atoms with van der Waals surface area (Å²) >= 11 is 8.31. The van der Waals surface area contributed by atoms with Crippen molar-refractivity contribution in [2.45, 2.75) is 12.0 Å². The molecule has 2 heterocycles. The molecular formula is C17H11BrFN3OS. The summed E-state index contributed by atoms with van der Waals surface area (Å²) in [6.07, 6.45) is 3.50. The van der Waals surface area contributed by atoms with E-state index in [-0.39, 0.29) is 20.9 Å². The first-order valence-electron chi connectivity index (χ1n) is 7.06. The van der Waals surface area contributed by atoms with Crippen molar-refractivity contribution in [1.82, 2.24) is 5.32 Å². The van der Waals surface area contributed by atoms with E-state index < -0.39 is 17.8 Å². The summed E-state index contributed by atoms with van der Waals surface area (Å²) in [5.41, 5.74) is 0.919. The van der Waals surface area contributed by atoms with Gasteiger partial charge >= 0.3 is 0 Å². The summed E-state index contributed by atoms with van der Waals surface area (Å²) in [5.74, 6) is 0.780. The number of benzene rings is 1. The van der Waals surface area contributed by atoms with Crippen molar-refractivity contribution >= 4 is 44.9 Å². The van der Waals surface area contributed by atoms with Crippen LogP contribution in [-0.2, 0) is 4.79 Å². The number of hydrogen-bond donors (Lipinski definition) is 1. The van der Waals surface area contributed by atoms with Gasteiger partial charge in [-0.1, -0.05) is 24.4 Å². The molecule has 1 amide bonds. The highest BCUT2D eigenvalue weighted by atomic mass is 79.9. The van der Waals surface area contributed by atoms with Crippen LogP contribution in [0.25, 0.3) is 5.41 Å². The van der Waals surface area contributed by atoms with Gasteiger partial charge in [0.1, 0.15) is 10.8 Å². The Morgan fingerprint density at radius 3 is 2.62 bits per heavy atom. The largest absolute Gasteiger partial charge is 0.763 e. The van der Waals surface area contributed by atoms with E-state index in [1.165, 1.54) is 6.07 Å². The minimum atomic E-state index is -0.690. The number of pyridine rings is 1. The van der Waals surface area contributed by atoms with Crippen molar-refractivity contribution < 1.29 is 13.8 Å². The van der Waals surface area contributed by atoms with Gasteiger partial charge < -0.3 is 10.7 Å². The number of carbonyl (C=O) groups is 1. The average molecular weight is 404 g/mol. The number of hydrogen-bond acceptors (Lipinski definition) is 2. The second-order valence-corrected chi connectivity index (χ2v) is 6.53. The smallest absolute Gasteiger partial charge is 0.295 e. The highest BCUT2D eigenvalue weighted by Gasteiger charge is 2.45. The second-order valence-electron chi connectivity index (χ2n) is 5.26. The molecule has 1 N–H and O–H groups in total. The third-order valence-electron chi connectivity index (χ3n) is 3.86. The molecule has 3 rings (SSSR count). The Morgan fingerprint density at radius 1 is 1.29 bits per heavy atom. The molecule has 0 unspecified atom stereocenters. The maximum Gasteiger partial charge on any atom is 0.295 e. The maximum absolute atomic E-state index is 13.6. The second kappa shape index (κ2) is 6.73. The molecule has 4 nitrogen and oxygen atoms in total. The SMILES string of the molecule is [N-]=C=C1C(=S)NC(=O)[C@H]([n+]2ccccc2)[C@H]1c1ccc(F)c(Br)c1. The van der Waals surface area contributed by atoms with E-state index in [2.05, 4.69) is 27.1 Å². The quantitative estimate of drug-likeness (QED) is 0.362. The van der Waals surface area contributed by atoms with Crippen LogP contribution in [0.2, 0.25) is 0 Å². The fourth-order valence-corrected chi connectivity index (χ4v) is 3.45. The van der Waals surface area contributed by atoms with Crippen molar-refractivity contribution in [3.63, 3.8) is 0 Å². The summed E-state index contributed by atoms with van der Waals surface area (Å²) < 4.78 is 15.6. The molecule has 0 saturated carbocycles. The van der Waals surface area contributed by atoms with Crippen LogP contribution in [0, 0.1) is 5.82 Å². The maximum atomic E-state index is 13.6. The lowest BCUT2D eigenvalue weighted by atomic mass is 9.82. The molecule has 0 bridgehead atoms. The van der Waals surface area contributed by atoms with Gasteiger partial charge in [0.25, 0.3) is 5.91 Å². The van der Waals surface area contributed by atoms with Crippen molar-refractivity contribution in [3.05, 3.63) is 75.6 Å². The number of halogens is 2. The molecule has 24 heavy (non-hydrogen) atoms. The molecule has 1 aromatic carbocycles. The van der Waals surface area contributed by atoms with Gasteiger partial charge in [-0.3, -0.25) is 10.7 Å². The zero-order chi connectivity index (χ0) is 17.3. The number of nitrogens with zero attached hydrogens (tertiary/aromatic N) is 2. The molecule has 1 aliphatic rings. The van der Waals surface area contributed by atoms with Gasteiger partial charge in [-0.15, -0.1) is 0 Å². The van der Waals surface area contributed by atoms with Crippen LogP contribution in [0.4, 0.5) is 4.39 Å². The minimum absolute atomic E-state index is 0.112. The lowest BCUT2D eigenvalue weighted by Gasteiger charge is -2.30. The first kappa shape index (κ1) is 16.6. The van der Waals surface area contributed by atoms with Gasteiger partial charge in [0, 0.05) is 17.7 Å². The number of carbonyl (C=O) groups excluding carboxylic acids is 1.